The van der Waals surface area contributed by atoms with Gasteiger partial charge in [-0.2, -0.15) is 0 Å². The monoisotopic (exact) mass is 150 g/mol. The fraction of sp³-hybridized carbons (Fsp3) is 1.00. The average molecular weight is 150 g/mol. The maximum atomic E-state index is 8.17. The van der Waals surface area contributed by atoms with Gasteiger partial charge in [0.2, 0.25) is 0 Å². The minimum Gasteiger partial charge on any atom is -0.870 e. The van der Waals surface area contributed by atoms with Crippen molar-refractivity contribution in [3.05, 3.63) is 0 Å². The molecule has 6 N–H and O–H groups in total. The maximum Gasteiger partial charge on any atom is 1.00 e. The molecule has 54 valence electrons. The number of aliphatic hydroxyl groups is 3. The van der Waals surface area contributed by atoms with Gasteiger partial charge >= 0.3 is 29.6 Å². The molecule has 0 aliphatic rings. The first kappa shape index (κ1) is 22.6. The molecular weight excluding hydrogens is 139 g/mol. The Bertz CT molecular complexity index is 31.4. The summed E-state index contributed by atoms with van der Waals surface area (Å²) in [5.41, 5.74) is 0. The zero-order valence-electron chi connectivity index (χ0n) is 5.28. The first-order valence-corrected chi connectivity index (χ1v) is 1.71. The van der Waals surface area contributed by atoms with Crippen molar-refractivity contribution in [3.8, 4) is 0 Å². The minimum absolute atomic E-state index is 0. The summed E-state index contributed by atoms with van der Waals surface area (Å²) in [5, 5.41) is 24.0. The van der Waals surface area contributed by atoms with E-state index in [0.29, 0.717) is 0 Å². The zero-order valence-corrected chi connectivity index (χ0v) is 7.28. The molecule has 9 heavy (non-hydrogen) atoms. The van der Waals surface area contributed by atoms with Gasteiger partial charge in [0.25, 0.3) is 0 Å². The van der Waals surface area contributed by atoms with Gasteiger partial charge in [0.1, 0.15) is 6.10 Å². The van der Waals surface area contributed by atoms with E-state index in [2.05, 4.69) is 0 Å². The normalized spacial score (nSPS) is 6.67. The molecule has 0 saturated heterocycles. The van der Waals surface area contributed by atoms with E-state index >= 15 is 0 Å². The van der Waals surface area contributed by atoms with Crippen molar-refractivity contribution in [1.82, 2.24) is 0 Å². The largest absolute Gasteiger partial charge is 1.00 e. The summed E-state index contributed by atoms with van der Waals surface area (Å²) in [5.74, 6) is 0. The van der Waals surface area contributed by atoms with E-state index in [-0.39, 0.29) is 53.7 Å². The molecule has 0 bridgehead atoms. The standard InChI is InChI=1S/C3H8O3.Na.2H2O/c4-1-3(6)2-5;;;/h3-6H,1-2H2;;2*1H2/q;+1;;/p-1. The third-order valence-corrected chi connectivity index (χ3v) is 0.421. The Morgan fingerprint density at radius 3 is 1.33 bits per heavy atom. The van der Waals surface area contributed by atoms with Crippen LogP contribution in [0, 0.1) is 0 Å². The van der Waals surface area contributed by atoms with E-state index in [4.69, 9.17) is 15.3 Å². The van der Waals surface area contributed by atoms with Crippen LogP contribution in [-0.4, -0.2) is 45.6 Å². The van der Waals surface area contributed by atoms with Crippen LogP contribution in [0.1, 0.15) is 0 Å². The maximum absolute atomic E-state index is 8.17. The van der Waals surface area contributed by atoms with Crippen molar-refractivity contribution < 1.29 is 55.8 Å². The Balaban J connectivity index is -0.0000000417. The Labute approximate surface area is 75.2 Å². The summed E-state index contributed by atoms with van der Waals surface area (Å²) < 4.78 is 0. The molecule has 0 amide bonds. The van der Waals surface area contributed by atoms with Crippen molar-refractivity contribution in [1.29, 1.82) is 0 Å². The fourth-order valence-corrected chi connectivity index (χ4v) is 0.0577. The van der Waals surface area contributed by atoms with E-state index in [9.17, 15) is 0 Å². The summed E-state index contributed by atoms with van der Waals surface area (Å²) in [6.07, 6.45) is -0.954. The molecule has 0 saturated carbocycles. The van der Waals surface area contributed by atoms with Crippen molar-refractivity contribution in [2.75, 3.05) is 13.2 Å². The minimum atomic E-state index is -0.954. The fourth-order valence-electron chi connectivity index (χ4n) is 0.0577. The van der Waals surface area contributed by atoms with E-state index < -0.39 is 6.10 Å². The van der Waals surface area contributed by atoms with Gasteiger partial charge in [-0.25, -0.2) is 0 Å². The number of aliphatic hydroxyl groups excluding tert-OH is 3. The first-order valence-electron chi connectivity index (χ1n) is 1.71. The molecule has 0 unspecified atom stereocenters. The van der Waals surface area contributed by atoms with E-state index in [0.717, 1.165) is 0 Å². The van der Waals surface area contributed by atoms with Gasteiger partial charge in [0.05, 0.1) is 13.2 Å². The summed E-state index contributed by atoms with van der Waals surface area (Å²) in [6.45, 7) is -0.729. The quantitative estimate of drug-likeness (QED) is 0.339. The van der Waals surface area contributed by atoms with Gasteiger partial charge in [-0.05, 0) is 0 Å². The predicted molar refractivity (Wildman–Crippen MR) is 25.7 cm³/mol. The van der Waals surface area contributed by atoms with Crippen LogP contribution in [0.2, 0.25) is 0 Å². The number of hydrogen-bond donors (Lipinski definition) is 3. The Morgan fingerprint density at radius 2 is 1.33 bits per heavy atom. The van der Waals surface area contributed by atoms with Crippen LogP contribution in [-0.2, 0) is 0 Å². The van der Waals surface area contributed by atoms with Crippen LogP contribution >= 0.6 is 0 Å². The van der Waals surface area contributed by atoms with Crippen LogP contribution in [0.5, 0.6) is 0 Å². The molecule has 5 nitrogen and oxygen atoms in total. The van der Waals surface area contributed by atoms with Crippen LogP contribution in [0.25, 0.3) is 0 Å². The van der Waals surface area contributed by atoms with Gasteiger partial charge in [-0.1, -0.05) is 0 Å². The van der Waals surface area contributed by atoms with Crippen molar-refractivity contribution in [2.45, 2.75) is 6.10 Å². The molecule has 0 heterocycles. The Morgan fingerprint density at radius 1 is 1.11 bits per heavy atom. The summed E-state index contributed by atoms with van der Waals surface area (Å²) >= 11 is 0. The second-order valence-corrected chi connectivity index (χ2v) is 1.02. The zero-order chi connectivity index (χ0) is 4.99. The van der Waals surface area contributed by atoms with E-state index in [1.807, 2.05) is 0 Å². The van der Waals surface area contributed by atoms with Gasteiger partial charge in [-0.3, -0.25) is 0 Å². The van der Waals surface area contributed by atoms with Gasteiger partial charge in [0, 0.05) is 0 Å². The third-order valence-electron chi connectivity index (χ3n) is 0.421. The second kappa shape index (κ2) is 15.9. The molecule has 0 spiro atoms. The van der Waals surface area contributed by atoms with Crippen molar-refractivity contribution >= 4 is 0 Å². The Hall–Kier alpha value is 0.800. The molecule has 0 atom stereocenters. The number of rotatable bonds is 2. The van der Waals surface area contributed by atoms with Gasteiger partial charge in [0.15, 0.2) is 0 Å². The molecule has 0 rings (SSSR count). The van der Waals surface area contributed by atoms with E-state index in [1.54, 1.807) is 0 Å². The average Bonchev–Trinajstić information content (AvgIpc) is 1.65. The predicted octanol–water partition coefficient (Wildman–Crippen LogP) is -5.67. The molecule has 0 fully saturated rings. The summed E-state index contributed by atoms with van der Waals surface area (Å²) in [7, 11) is 0. The van der Waals surface area contributed by atoms with Crippen LogP contribution in [0.4, 0.5) is 0 Å². The molecule has 0 aliphatic heterocycles. The Kier molecular flexibility index (Phi) is 39.9. The van der Waals surface area contributed by atoms with Crippen LogP contribution < -0.4 is 29.6 Å². The van der Waals surface area contributed by atoms with Gasteiger partial charge < -0.3 is 26.3 Å². The molecule has 0 aromatic rings. The molecular formula is C3H11NaO5. The molecule has 0 radical (unpaired) electrons. The molecule has 0 aliphatic carbocycles. The van der Waals surface area contributed by atoms with Crippen LogP contribution in [0.15, 0.2) is 0 Å². The van der Waals surface area contributed by atoms with Crippen molar-refractivity contribution in [2.24, 2.45) is 0 Å². The summed E-state index contributed by atoms with van der Waals surface area (Å²) in [6, 6.07) is 0. The third kappa shape index (κ3) is 17.7. The SMILES string of the molecule is O.OCC(O)CO.[Na+].[OH-]. The van der Waals surface area contributed by atoms with Crippen molar-refractivity contribution in [3.63, 3.8) is 0 Å². The molecule has 6 heteroatoms. The smallest absolute Gasteiger partial charge is 0.870 e. The number of hydrogen-bond acceptors (Lipinski definition) is 4. The summed E-state index contributed by atoms with van der Waals surface area (Å²) in [4.78, 5) is 0. The van der Waals surface area contributed by atoms with E-state index in [1.165, 1.54) is 0 Å². The van der Waals surface area contributed by atoms with Gasteiger partial charge in [-0.15, -0.1) is 0 Å². The van der Waals surface area contributed by atoms with Crippen LogP contribution in [0.3, 0.4) is 0 Å². The molecule has 0 aromatic carbocycles. The second-order valence-electron chi connectivity index (χ2n) is 1.02. The molecule has 0 aromatic heterocycles. The first-order chi connectivity index (χ1) is 2.81. The topological polar surface area (TPSA) is 122 Å².